The van der Waals surface area contributed by atoms with Crippen LogP contribution in [0.5, 0.6) is 17.2 Å². The lowest BCUT2D eigenvalue weighted by atomic mass is 10.4. The Balaban J connectivity index is 0.000000337. The Labute approximate surface area is 88.5 Å². The van der Waals surface area contributed by atoms with Crippen LogP contribution >= 0.6 is 0 Å². The molecule has 6 heteroatoms. The molecule has 0 aliphatic heterocycles. The van der Waals surface area contributed by atoms with Crippen molar-refractivity contribution in [3.05, 3.63) is 6.07 Å². The molecular formula is C9H12BO5. The van der Waals surface area contributed by atoms with Crippen molar-refractivity contribution in [2.45, 2.75) is 0 Å². The van der Waals surface area contributed by atoms with E-state index in [4.69, 9.17) is 24.3 Å². The molecule has 2 aliphatic carbocycles. The minimum Gasteiger partial charge on any atom is -0.492 e. The lowest BCUT2D eigenvalue weighted by Gasteiger charge is -2.04. The van der Waals surface area contributed by atoms with E-state index in [0.29, 0.717) is 5.75 Å². The van der Waals surface area contributed by atoms with Gasteiger partial charge in [-0.05, 0) is 6.07 Å². The molecule has 0 unspecified atom stereocenters. The summed E-state index contributed by atoms with van der Waals surface area (Å²) in [4.78, 5) is 0. The van der Waals surface area contributed by atoms with Gasteiger partial charge in [0.15, 0.2) is 11.5 Å². The monoisotopic (exact) mass is 211 g/mol. The molecule has 2 N–H and O–H groups in total. The van der Waals surface area contributed by atoms with Gasteiger partial charge in [0.05, 0.1) is 21.3 Å². The third-order valence-corrected chi connectivity index (χ3v) is 2.01. The van der Waals surface area contributed by atoms with E-state index in [2.05, 4.69) is 0 Å². The Hall–Kier alpha value is -1.40. The molecule has 2 rings (SSSR count). The number of benzene rings is 1. The van der Waals surface area contributed by atoms with Crippen molar-refractivity contribution in [3.8, 4) is 28.4 Å². The summed E-state index contributed by atoms with van der Waals surface area (Å²) < 4.78 is 15.5. The molecule has 15 heavy (non-hydrogen) atoms. The Morgan fingerprint density at radius 3 is 1.47 bits per heavy atom. The van der Waals surface area contributed by atoms with Crippen LogP contribution in [0.2, 0.25) is 0 Å². The van der Waals surface area contributed by atoms with Crippen LogP contribution in [0.4, 0.5) is 0 Å². The van der Waals surface area contributed by atoms with Crippen LogP contribution in [0.1, 0.15) is 0 Å². The van der Waals surface area contributed by atoms with Gasteiger partial charge in [-0.15, -0.1) is 0 Å². The summed E-state index contributed by atoms with van der Waals surface area (Å²) in [5, 5.41) is 14.0. The Bertz CT molecular complexity index is 325. The van der Waals surface area contributed by atoms with Gasteiger partial charge in [0.2, 0.25) is 5.75 Å². The molecule has 5 nitrogen and oxygen atoms in total. The van der Waals surface area contributed by atoms with Crippen molar-refractivity contribution >= 4 is 7.69 Å². The molecule has 0 amide bonds. The molecular weight excluding hydrogens is 199 g/mol. The molecule has 0 saturated heterocycles. The van der Waals surface area contributed by atoms with Gasteiger partial charge in [-0.3, -0.25) is 0 Å². The predicted molar refractivity (Wildman–Crippen MR) is 55.3 cm³/mol. The molecule has 2 aliphatic rings. The third kappa shape index (κ3) is 2.00. The molecule has 0 fully saturated rings. The second-order valence-electron chi connectivity index (χ2n) is 2.69. The highest BCUT2D eigenvalue weighted by atomic mass is 16.5. The first-order chi connectivity index (χ1) is 7.24. The molecule has 81 valence electrons. The zero-order valence-electron chi connectivity index (χ0n) is 8.77. The highest BCUT2D eigenvalue weighted by Gasteiger charge is 2.32. The van der Waals surface area contributed by atoms with Gasteiger partial charge in [0.25, 0.3) is 0 Å². The van der Waals surface area contributed by atoms with E-state index < -0.39 is 0 Å². The van der Waals surface area contributed by atoms with Crippen LogP contribution in [0, 0.1) is 0 Å². The summed E-state index contributed by atoms with van der Waals surface area (Å²) in [6.07, 6.45) is 0. The molecule has 0 atom stereocenters. The maximum absolute atomic E-state index is 7.00. The predicted octanol–water partition coefficient (Wildman–Crippen LogP) is 0.198. The zero-order valence-corrected chi connectivity index (χ0v) is 8.77. The molecule has 1 radical (unpaired) electrons. The van der Waals surface area contributed by atoms with Gasteiger partial charge in [-0.1, -0.05) is 0 Å². The second-order valence-corrected chi connectivity index (χ2v) is 2.69. The summed E-state index contributed by atoms with van der Waals surface area (Å²) in [7, 11) is 4.87. The number of hydrogen-bond acceptors (Lipinski definition) is 5. The lowest BCUT2D eigenvalue weighted by Crippen LogP contribution is -1.89. The fourth-order valence-corrected chi connectivity index (χ4v) is 1.42. The first-order valence-electron chi connectivity index (χ1n) is 4.18. The maximum Gasteiger partial charge on any atom is 0.482 e. The first kappa shape index (κ1) is 11.7. The smallest absolute Gasteiger partial charge is 0.482 e. The standard InChI is InChI=1S/C9H10O3.BH2O2/c1-10-7-5-4-6(5)8(11-2)9(7)12-3;2-1-3/h4H,1-3H3;2-3H. The van der Waals surface area contributed by atoms with Crippen LogP contribution in [0.25, 0.3) is 11.1 Å². The SMILES string of the molecule is COc1c2cc-2c(OC)c1OC.O[B]O. The van der Waals surface area contributed by atoms with Crippen LogP contribution < -0.4 is 14.2 Å². The lowest BCUT2D eigenvalue weighted by molar-refractivity contribution is 0.332. The Morgan fingerprint density at radius 1 is 0.867 bits per heavy atom. The fraction of sp³-hybridized carbons (Fsp3) is 0.333. The number of rotatable bonds is 3. The number of ether oxygens (including phenoxy) is 3. The van der Waals surface area contributed by atoms with Gasteiger partial charge >= 0.3 is 7.69 Å². The molecule has 0 spiro atoms. The molecule has 0 heterocycles. The van der Waals surface area contributed by atoms with Gasteiger partial charge < -0.3 is 24.3 Å². The number of hydrogen-bond donors (Lipinski definition) is 2. The number of fused-ring (bicyclic) bond motifs is 1. The summed E-state index contributed by atoms with van der Waals surface area (Å²) >= 11 is 0. The van der Waals surface area contributed by atoms with Crippen molar-refractivity contribution in [1.82, 2.24) is 0 Å². The molecule has 0 aromatic carbocycles. The summed E-state index contributed by atoms with van der Waals surface area (Å²) in [5.41, 5.74) is 2.21. The Kier molecular flexibility index (Phi) is 3.82. The quantitative estimate of drug-likeness (QED) is 0.709. The van der Waals surface area contributed by atoms with E-state index in [-0.39, 0.29) is 7.69 Å². The number of methoxy groups -OCH3 is 3. The minimum absolute atomic E-state index is 0. The highest BCUT2D eigenvalue weighted by Crippen LogP contribution is 2.59. The zero-order chi connectivity index (χ0) is 11.4. The van der Waals surface area contributed by atoms with Crippen LogP contribution in [-0.4, -0.2) is 39.1 Å². The fourth-order valence-electron chi connectivity index (χ4n) is 1.42. The van der Waals surface area contributed by atoms with E-state index in [1.807, 2.05) is 6.07 Å². The second kappa shape index (κ2) is 4.90. The topological polar surface area (TPSA) is 68.2 Å². The maximum atomic E-state index is 7.00. The van der Waals surface area contributed by atoms with Crippen molar-refractivity contribution in [2.24, 2.45) is 0 Å². The van der Waals surface area contributed by atoms with Gasteiger partial charge in [-0.25, -0.2) is 0 Å². The summed E-state index contributed by atoms with van der Waals surface area (Å²) in [6.45, 7) is 0. The van der Waals surface area contributed by atoms with E-state index in [1.165, 1.54) is 0 Å². The van der Waals surface area contributed by atoms with Crippen LogP contribution in [0.15, 0.2) is 6.07 Å². The summed E-state index contributed by atoms with van der Waals surface area (Å²) in [5.74, 6) is 2.27. The minimum atomic E-state index is 0. The van der Waals surface area contributed by atoms with E-state index in [9.17, 15) is 0 Å². The Morgan fingerprint density at radius 2 is 1.20 bits per heavy atom. The van der Waals surface area contributed by atoms with E-state index in [0.717, 1.165) is 22.6 Å². The van der Waals surface area contributed by atoms with Gasteiger partial charge in [0.1, 0.15) is 0 Å². The third-order valence-electron chi connectivity index (χ3n) is 2.01. The van der Waals surface area contributed by atoms with Crippen molar-refractivity contribution < 1.29 is 24.3 Å². The molecule has 0 aromatic heterocycles. The van der Waals surface area contributed by atoms with Crippen molar-refractivity contribution in [1.29, 1.82) is 0 Å². The van der Waals surface area contributed by atoms with E-state index in [1.54, 1.807) is 21.3 Å². The largest absolute Gasteiger partial charge is 0.492 e. The molecule has 0 bridgehead atoms. The van der Waals surface area contributed by atoms with E-state index >= 15 is 0 Å². The molecule has 0 aromatic rings. The van der Waals surface area contributed by atoms with Gasteiger partial charge in [0, 0.05) is 11.1 Å². The highest BCUT2D eigenvalue weighted by molar-refractivity contribution is 6.13. The van der Waals surface area contributed by atoms with Crippen molar-refractivity contribution in [3.63, 3.8) is 0 Å². The average Bonchev–Trinajstić information content (AvgIpc) is 2.94. The normalized spacial score (nSPS) is 9.67. The molecule has 0 saturated carbocycles. The average molecular weight is 211 g/mol. The van der Waals surface area contributed by atoms with Crippen molar-refractivity contribution in [2.75, 3.05) is 21.3 Å². The summed E-state index contributed by atoms with van der Waals surface area (Å²) in [6, 6.07) is 2.01. The van der Waals surface area contributed by atoms with Crippen LogP contribution in [-0.2, 0) is 0 Å². The van der Waals surface area contributed by atoms with Gasteiger partial charge in [-0.2, -0.15) is 0 Å². The van der Waals surface area contributed by atoms with Crippen LogP contribution in [0.3, 0.4) is 0 Å². The first-order valence-corrected chi connectivity index (χ1v) is 4.18.